The number of aromatic amines is 1. The Bertz CT molecular complexity index is 908. The summed E-state index contributed by atoms with van der Waals surface area (Å²) >= 11 is 0. The van der Waals surface area contributed by atoms with Crippen LogP contribution in [0.15, 0.2) is 54.6 Å². The van der Waals surface area contributed by atoms with Gasteiger partial charge in [-0.3, -0.25) is 4.79 Å². The number of amides is 1. The van der Waals surface area contributed by atoms with Crippen molar-refractivity contribution in [1.29, 1.82) is 0 Å². The minimum Gasteiger partial charge on any atom is -0.340 e. The molecule has 0 radical (unpaired) electrons. The lowest BCUT2D eigenvalue weighted by Gasteiger charge is -2.21. The van der Waals surface area contributed by atoms with Gasteiger partial charge in [0.25, 0.3) is 0 Å². The Morgan fingerprint density at radius 3 is 2.84 bits per heavy atom. The highest BCUT2D eigenvalue weighted by molar-refractivity contribution is 5.92. The fourth-order valence-electron chi connectivity index (χ4n) is 3.48. The van der Waals surface area contributed by atoms with Crippen LogP contribution in [0.1, 0.15) is 35.8 Å². The largest absolute Gasteiger partial charge is 0.340 e. The molecule has 4 heteroatoms. The standard InChI is InChI=1S/C21H21N3O/c1-15-7-2-3-8-16(15)12-13-20(25)24-14-6-11-19(24)21-22-17-9-4-5-10-18(17)23-21/h2-5,7-10,12-13,19H,6,11,14H2,1H3,(H,22,23). The number of benzene rings is 2. The molecule has 4 nitrogen and oxygen atoms in total. The van der Waals surface area contributed by atoms with E-state index < -0.39 is 0 Å². The van der Waals surface area contributed by atoms with Crippen molar-refractivity contribution in [2.45, 2.75) is 25.8 Å². The molecule has 2 aromatic carbocycles. The number of likely N-dealkylation sites (tertiary alicyclic amines) is 1. The summed E-state index contributed by atoms with van der Waals surface area (Å²) < 4.78 is 0. The summed E-state index contributed by atoms with van der Waals surface area (Å²) in [7, 11) is 0. The van der Waals surface area contributed by atoms with Gasteiger partial charge < -0.3 is 9.88 Å². The highest BCUT2D eigenvalue weighted by Gasteiger charge is 2.31. The maximum Gasteiger partial charge on any atom is 0.247 e. The molecule has 1 fully saturated rings. The number of imidazole rings is 1. The molecule has 0 spiro atoms. The van der Waals surface area contributed by atoms with E-state index in [4.69, 9.17) is 0 Å². The molecule has 0 bridgehead atoms. The molecule has 4 rings (SSSR count). The molecule has 1 atom stereocenters. The van der Waals surface area contributed by atoms with E-state index >= 15 is 0 Å². The maximum atomic E-state index is 12.7. The number of aryl methyl sites for hydroxylation is 1. The van der Waals surface area contributed by atoms with Crippen molar-refractivity contribution in [3.8, 4) is 0 Å². The smallest absolute Gasteiger partial charge is 0.247 e. The molecule has 3 aromatic rings. The van der Waals surface area contributed by atoms with Gasteiger partial charge in [0, 0.05) is 12.6 Å². The van der Waals surface area contributed by atoms with E-state index in [-0.39, 0.29) is 11.9 Å². The molecule has 1 aromatic heterocycles. The van der Waals surface area contributed by atoms with Crippen LogP contribution in [0.4, 0.5) is 0 Å². The van der Waals surface area contributed by atoms with Crippen LogP contribution in [-0.2, 0) is 4.79 Å². The number of rotatable bonds is 3. The number of fused-ring (bicyclic) bond motifs is 1. The first-order chi connectivity index (χ1) is 12.2. The van der Waals surface area contributed by atoms with Crippen LogP contribution >= 0.6 is 0 Å². The van der Waals surface area contributed by atoms with Gasteiger partial charge in [-0.15, -0.1) is 0 Å². The SMILES string of the molecule is Cc1ccccc1C=CC(=O)N1CCCC1c1nc2ccccc2[nH]1. The zero-order chi connectivity index (χ0) is 17.2. The van der Waals surface area contributed by atoms with E-state index in [0.29, 0.717) is 0 Å². The first-order valence-electron chi connectivity index (χ1n) is 8.71. The number of aromatic nitrogens is 2. The highest BCUT2D eigenvalue weighted by atomic mass is 16.2. The number of hydrogen-bond acceptors (Lipinski definition) is 2. The lowest BCUT2D eigenvalue weighted by Crippen LogP contribution is -2.29. The van der Waals surface area contributed by atoms with Crippen LogP contribution in [0.2, 0.25) is 0 Å². The van der Waals surface area contributed by atoms with Crippen LogP contribution < -0.4 is 0 Å². The van der Waals surface area contributed by atoms with E-state index in [9.17, 15) is 4.79 Å². The Morgan fingerprint density at radius 1 is 1.20 bits per heavy atom. The molecular weight excluding hydrogens is 310 g/mol. The fourth-order valence-corrected chi connectivity index (χ4v) is 3.48. The maximum absolute atomic E-state index is 12.7. The average molecular weight is 331 g/mol. The second kappa shape index (κ2) is 6.55. The van der Waals surface area contributed by atoms with Crippen molar-refractivity contribution in [1.82, 2.24) is 14.9 Å². The predicted octanol–water partition coefficient (Wildman–Crippen LogP) is 4.25. The van der Waals surface area contributed by atoms with Crippen molar-refractivity contribution in [2.75, 3.05) is 6.54 Å². The lowest BCUT2D eigenvalue weighted by atomic mass is 10.1. The first kappa shape index (κ1) is 15.6. The van der Waals surface area contributed by atoms with E-state index in [1.165, 1.54) is 5.56 Å². The van der Waals surface area contributed by atoms with E-state index in [1.807, 2.05) is 53.4 Å². The molecule has 0 saturated carbocycles. The van der Waals surface area contributed by atoms with Gasteiger partial charge in [-0.25, -0.2) is 4.98 Å². The van der Waals surface area contributed by atoms with Crippen molar-refractivity contribution in [3.63, 3.8) is 0 Å². The third-order valence-corrected chi connectivity index (χ3v) is 4.85. The molecule has 1 aliphatic rings. The second-order valence-corrected chi connectivity index (χ2v) is 6.52. The van der Waals surface area contributed by atoms with Gasteiger partial charge in [0.2, 0.25) is 5.91 Å². The zero-order valence-corrected chi connectivity index (χ0v) is 14.3. The van der Waals surface area contributed by atoms with Crippen molar-refractivity contribution >= 4 is 23.0 Å². The molecule has 25 heavy (non-hydrogen) atoms. The van der Waals surface area contributed by atoms with E-state index in [2.05, 4.69) is 23.0 Å². The van der Waals surface area contributed by atoms with Crippen LogP contribution in [0.5, 0.6) is 0 Å². The lowest BCUT2D eigenvalue weighted by molar-refractivity contribution is -0.126. The Hall–Kier alpha value is -2.88. The first-order valence-corrected chi connectivity index (χ1v) is 8.71. The van der Waals surface area contributed by atoms with Crippen molar-refractivity contribution in [3.05, 3.63) is 71.6 Å². The Labute approximate surface area is 147 Å². The average Bonchev–Trinajstić information content (AvgIpc) is 3.27. The van der Waals surface area contributed by atoms with Gasteiger partial charge in [-0.1, -0.05) is 36.4 Å². The van der Waals surface area contributed by atoms with Gasteiger partial charge in [0.15, 0.2) is 0 Å². The summed E-state index contributed by atoms with van der Waals surface area (Å²) in [6, 6.07) is 16.1. The van der Waals surface area contributed by atoms with E-state index in [1.54, 1.807) is 6.08 Å². The van der Waals surface area contributed by atoms with Gasteiger partial charge >= 0.3 is 0 Å². The number of hydrogen-bond donors (Lipinski definition) is 1. The summed E-state index contributed by atoms with van der Waals surface area (Å²) in [5.41, 5.74) is 4.22. The molecule has 1 aliphatic heterocycles. The molecule has 126 valence electrons. The molecule has 1 unspecified atom stereocenters. The Morgan fingerprint density at radius 2 is 2.00 bits per heavy atom. The minimum absolute atomic E-state index is 0.0291. The summed E-state index contributed by atoms with van der Waals surface area (Å²) in [4.78, 5) is 22.7. The van der Waals surface area contributed by atoms with Crippen LogP contribution in [0, 0.1) is 6.92 Å². The molecule has 1 amide bonds. The summed E-state index contributed by atoms with van der Waals surface area (Å²) in [6.45, 7) is 2.83. The highest BCUT2D eigenvalue weighted by Crippen LogP contribution is 2.31. The predicted molar refractivity (Wildman–Crippen MR) is 100.0 cm³/mol. The Kier molecular flexibility index (Phi) is 4.10. The number of nitrogens with zero attached hydrogens (tertiary/aromatic N) is 2. The summed E-state index contributed by atoms with van der Waals surface area (Å²) in [6.07, 6.45) is 5.55. The van der Waals surface area contributed by atoms with Crippen molar-refractivity contribution < 1.29 is 4.79 Å². The molecule has 1 N–H and O–H groups in total. The summed E-state index contributed by atoms with van der Waals surface area (Å²) in [5, 5.41) is 0. The number of carbonyl (C=O) groups excluding carboxylic acids is 1. The topological polar surface area (TPSA) is 49.0 Å². The van der Waals surface area contributed by atoms with Gasteiger partial charge in [-0.05, 0) is 49.1 Å². The molecule has 1 saturated heterocycles. The van der Waals surface area contributed by atoms with Gasteiger partial charge in [-0.2, -0.15) is 0 Å². The quantitative estimate of drug-likeness (QED) is 0.730. The third-order valence-electron chi connectivity index (χ3n) is 4.85. The normalized spacial score (nSPS) is 17.6. The van der Waals surface area contributed by atoms with Crippen LogP contribution in [0.3, 0.4) is 0 Å². The minimum atomic E-state index is 0.0291. The van der Waals surface area contributed by atoms with E-state index in [0.717, 1.165) is 41.8 Å². The second-order valence-electron chi connectivity index (χ2n) is 6.52. The number of para-hydroxylation sites is 2. The molecule has 0 aliphatic carbocycles. The number of nitrogens with one attached hydrogen (secondary N) is 1. The van der Waals surface area contributed by atoms with Crippen LogP contribution in [0.25, 0.3) is 17.1 Å². The number of H-pyrrole nitrogens is 1. The van der Waals surface area contributed by atoms with Crippen LogP contribution in [-0.4, -0.2) is 27.3 Å². The van der Waals surface area contributed by atoms with Gasteiger partial charge in [0.05, 0.1) is 17.1 Å². The van der Waals surface area contributed by atoms with Gasteiger partial charge in [0.1, 0.15) is 5.82 Å². The fraction of sp³-hybridized carbons (Fsp3) is 0.238. The summed E-state index contributed by atoms with van der Waals surface area (Å²) in [5.74, 6) is 0.933. The molecular formula is C21H21N3O. The number of carbonyl (C=O) groups is 1. The zero-order valence-electron chi connectivity index (χ0n) is 14.3. The van der Waals surface area contributed by atoms with Crippen molar-refractivity contribution in [2.24, 2.45) is 0 Å². The Balaban J connectivity index is 1.56. The third kappa shape index (κ3) is 3.07. The monoisotopic (exact) mass is 331 g/mol. The molecule has 2 heterocycles.